The van der Waals surface area contributed by atoms with E-state index in [1.165, 1.54) is 5.56 Å². The van der Waals surface area contributed by atoms with E-state index in [0.717, 1.165) is 104 Å². The second-order valence-electron chi connectivity index (χ2n) is 8.54. The average molecular weight is 560 g/mol. The van der Waals surface area contributed by atoms with Crippen molar-refractivity contribution in [3.63, 3.8) is 0 Å². The number of ether oxygens (including phenoxy) is 2. The molecule has 0 aromatic heterocycles. The lowest BCUT2D eigenvalue weighted by Crippen LogP contribution is -2.46. The minimum atomic E-state index is 0. The number of rotatable bonds is 12. The molecule has 1 aromatic carbocycles. The molecule has 8 heteroatoms. The molecule has 0 spiro atoms. The van der Waals surface area contributed by atoms with Crippen molar-refractivity contribution in [2.75, 3.05) is 79.3 Å². The lowest BCUT2D eigenvalue weighted by atomic mass is 10.1. The minimum absolute atomic E-state index is 0. The highest BCUT2D eigenvalue weighted by Gasteiger charge is 2.17. The van der Waals surface area contributed by atoms with Gasteiger partial charge in [-0.2, -0.15) is 0 Å². The van der Waals surface area contributed by atoms with E-state index >= 15 is 0 Å². The molecule has 0 amide bonds. The molecule has 2 heterocycles. The summed E-state index contributed by atoms with van der Waals surface area (Å²) in [4.78, 5) is 9.45. The molecule has 2 saturated heterocycles. The number of hydrogen-bond donors (Lipinski definition) is 2. The standard InChI is InChI=1S/C24H41N5O2.HI/c1-25-24(27-11-6-17-30-20-23-9-18-31-21-23)26-10-5-12-28-13-15-29(16-14-28)19-22-7-3-2-4-8-22;/h2-4,7-8,23H,5-6,9-21H2,1H3,(H2,25,26,27);1H. The predicted molar refractivity (Wildman–Crippen MR) is 142 cm³/mol. The van der Waals surface area contributed by atoms with Gasteiger partial charge in [0.15, 0.2) is 5.96 Å². The van der Waals surface area contributed by atoms with Crippen molar-refractivity contribution < 1.29 is 9.47 Å². The number of guanidine groups is 1. The smallest absolute Gasteiger partial charge is 0.190 e. The zero-order valence-corrected chi connectivity index (χ0v) is 22.0. The highest BCUT2D eigenvalue weighted by Crippen LogP contribution is 2.12. The maximum atomic E-state index is 5.75. The van der Waals surface area contributed by atoms with Crippen LogP contribution in [-0.4, -0.2) is 95.0 Å². The summed E-state index contributed by atoms with van der Waals surface area (Å²) in [6.07, 6.45) is 3.26. The van der Waals surface area contributed by atoms with Gasteiger partial charge in [0.25, 0.3) is 0 Å². The molecule has 1 aromatic rings. The van der Waals surface area contributed by atoms with Gasteiger partial charge in [0.05, 0.1) is 13.2 Å². The number of hydrogen-bond acceptors (Lipinski definition) is 5. The van der Waals surface area contributed by atoms with Crippen molar-refractivity contribution in [3.05, 3.63) is 35.9 Å². The fourth-order valence-electron chi connectivity index (χ4n) is 4.09. The van der Waals surface area contributed by atoms with Crippen LogP contribution in [0.4, 0.5) is 0 Å². The number of halogens is 1. The van der Waals surface area contributed by atoms with Gasteiger partial charge in [-0.05, 0) is 31.4 Å². The maximum absolute atomic E-state index is 5.75. The summed E-state index contributed by atoms with van der Waals surface area (Å²) < 4.78 is 11.1. The van der Waals surface area contributed by atoms with Crippen molar-refractivity contribution in [2.24, 2.45) is 10.9 Å². The van der Waals surface area contributed by atoms with Crippen LogP contribution < -0.4 is 10.6 Å². The topological polar surface area (TPSA) is 61.4 Å². The zero-order valence-electron chi connectivity index (χ0n) is 19.6. The van der Waals surface area contributed by atoms with Crippen LogP contribution in [0.5, 0.6) is 0 Å². The molecule has 0 bridgehead atoms. The van der Waals surface area contributed by atoms with Crippen LogP contribution in [-0.2, 0) is 16.0 Å². The van der Waals surface area contributed by atoms with Crippen molar-refractivity contribution in [1.29, 1.82) is 0 Å². The molecule has 32 heavy (non-hydrogen) atoms. The second-order valence-corrected chi connectivity index (χ2v) is 8.54. The van der Waals surface area contributed by atoms with E-state index < -0.39 is 0 Å². The average Bonchev–Trinajstić information content (AvgIpc) is 3.33. The van der Waals surface area contributed by atoms with E-state index in [4.69, 9.17) is 9.47 Å². The van der Waals surface area contributed by atoms with E-state index in [1.54, 1.807) is 0 Å². The third-order valence-corrected chi connectivity index (χ3v) is 6.02. The highest BCUT2D eigenvalue weighted by atomic mass is 127. The number of piperazine rings is 1. The molecule has 1 atom stereocenters. The van der Waals surface area contributed by atoms with Crippen molar-refractivity contribution in [2.45, 2.75) is 25.8 Å². The molecule has 182 valence electrons. The molecule has 2 fully saturated rings. The number of aliphatic imine (C=N–C) groups is 1. The Morgan fingerprint density at radius 2 is 1.78 bits per heavy atom. The normalized spacial score (nSPS) is 20.2. The number of nitrogens with zero attached hydrogens (tertiary/aromatic N) is 3. The van der Waals surface area contributed by atoms with Crippen LogP contribution in [0.15, 0.2) is 35.3 Å². The Morgan fingerprint density at radius 1 is 1.06 bits per heavy atom. The quantitative estimate of drug-likeness (QED) is 0.178. The fraction of sp³-hybridized carbons (Fsp3) is 0.708. The van der Waals surface area contributed by atoms with E-state index in [9.17, 15) is 0 Å². The minimum Gasteiger partial charge on any atom is -0.381 e. The van der Waals surface area contributed by atoms with Gasteiger partial charge >= 0.3 is 0 Å². The third kappa shape index (κ3) is 10.8. The number of nitrogens with one attached hydrogen (secondary N) is 2. The van der Waals surface area contributed by atoms with Crippen LogP contribution >= 0.6 is 24.0 Å². The largest absolute Gasteiger partial charge is 0.381 e. The van der Waals surface area contributed by atoms with Gasteiger partial charge in [0.2, 0.25) is 0 Å². The van der Waals surface area contributed by atoms with Gasteiger partial charge in [-0.15, -0.1) is 24.0 Å². The van der Waals surface area contributed by atoms with Crippen LogP contribution in [0.1, 0.15) is 24.8 Å². The molecule has 7 nitrogen and oxygen atoms in total. The van der Waals surface area contributed by atoms with Gasteiger partial charge in [0.1, 0.15) is 0 Å². The van der Waals surface area contributed by atoms with Crippen LogP contribution in [0, 0.1) is 5.92 Å². The maximum Gasteiger partial charge on any atom is 0.190 e. The first-order valence-corrected chi connectivity index (χ1v) is 11.9. The number of benzene rings is 1. The monoisotopic (exact) mass is 559 g/mol. The summed E-state index contributed by atoms with van der Waals surface area (Å²) in [6, 6.07) is 10.8. The Balaban J connectivity index is 0.00000363. The lowest BCUT2D eigenvalue weighted by Gasteiger charge is -2.34. The second kappa shape index (κ2) is 16.6. The molecule has 2 aliphatic rings. The highest BCUT2D eigenvalue weighted by molar-refractivity contribution is 14.0. The first-order chi connectivity index (χ1) is 15.3. The fourth-order valence-corrected chi connectivity index (χ4v) is 4.09. The molecule has 0 aliphatic carbocycles. The Labute approximate surface area is 211 Å². The van der Waals surface area contributed by atoms with Gasteiger partial charge in [0, 0.05) is 72.0 Å². The van der Waals surface area contributed by atoms with Crippen molar-refractivity contribution in [1.82, 2.24) is 20.4 Å². The summed E-state index contributed by atoms with van der Waals surface area (Å²) in [5.74, 6) is 1.48. The molecule has 3 rings (SSSR count). The first-order valence-electron chi connectivity index (χ1n) is 11.9. The van der Waals surface area contributed by atoms with E-state index in [1.807, 2.05) is 7.05 Å². The molecular weight excluding hydrogens is 517 g/mol. The molecule has 1 unspecified atom stereocenters. The molecule has 0 radical (unpaired) electrons. The van der Waals surface area contributed by atoms with E-state index in [2.05, 4.69) is 55.8 Å². The Bertz CT molecular complexity index is 620. The molecular formula is C24H42IN5O2. The van der Waals surface area contributed by atoms with E-state index in [-0.39, 0.29) is 24.0 Å². The Kier molecular flexibility index (Phi) is 14.2. The zero-order chi connectivity index (χ0) is 21.6. The Morgan fingerprint density at radius 3 is 2.47 bits per heavy atom. The van der Waals surface area contributed by atoms with Crippen molar-refractivity contribution >= 4 is 29.9 Å². The van der Waals surface area contributed by atoms with Gasteiger partial charge in [-0.3, -0.25) is 9.89 Å². The van der Waals surface area contributed by atoms with Gasteiger partial charge < -0.3 is 25.0 Å². The Hall–Kier alpha value is -0.940. The summed E-state index contributed by atoms with van der Waals surface area (Å²) >= 11 is 0. The lowest BCUT2D eigenvalue weighted by molar-refractivity contribution is 0.0888. The van der Waals surface area contributed by atoms with Gasteiger partial charge in [-0.25, -0.2) is 0 Å². The molecule has 2 aliphatic heterocycles. The van der Waals surface area contributed by atoms with Crippen LogP contribution in [0.2, 0.25) is 0 Å². The molecule has 0 saturated carbocycles. The summed E-state index contributed by atoms with van der Waals surface area (Å²) in [7, 11) is 1.83. The van der Waals surface area contributed by atoms with Crippen molar-refractivity contribution in [3.8, 4) is 0 Å². The van der Waals surface area contributed by atoms with E-state index in [0.29, 0.717) is 5.92 Å². The van der Waals surface area contributed by atoms with Crippen LogP contribution in [0.3, 0.4) is 0 Å². The summed E-state index contributed by atoms with van der Waals surface area (Å²) in [5, 5.41) is 6.81. The predicted octanol–water partition coefficient (Wildman–Crippen LogP) is 2.42. The van der Waals surface area contributed by atoms with Gasteiger partial charge in [-0.1, -0.05) is 30.3 Å². The third-order valence-electron chi connectivity index (χ3n) is 6.02. The summed E-state index contributed by atoms with van der Waals surface area (Å²) in [5.41, 5.74) is 1.41. The SMILES string of the molecule is CN=C(NCCCOCC1CCOC1)NCCCN1CCN(Cc2ccccc2)CC1.I. The molecule has 2 N–H and O–H groups in total. The summed E-state index contributed by atoms with van der Waals surface area (Å²) in [6.45, 7) is 12.0. The first kappa shape index (κ1) is 27.3. The van der Waals surface area contributed by atoms with Crippen LogP contribution in [0.25, 0.3) is 0 Å².